The third-order valence-corrected chi connectivity index (χ3v) is 4.06. The Labute approximate surface area is 153 Å². The monoisotopic (exact) mass is 357 g/mol. The molecule has 26 heavy (non-hydrogen) atoms. The van der Waals surface area contributed by atoms with E-state index >= 15 is 0 Å². The normalized spacial score (nSPS) is 11.5. The van der Waals surface area contributed by atoms with Gasteiger partial charge < -0.3 is 15.5 Å². The molecular weight excluding hydrogens is 333 g/mol. The molecule has 2 rings (SSSR count). The number of amides is 3. The zero-order valence-corrected chi connectivity index (χ0v) is 15.0. The smallest absolute Gasteiger partial charge is 0.319 e. The van der Waals surface area contributed by atoms with Crippen molar-refractivity contribution in [2.24, 2.45) is 0 Å². The maximum atomic E-state index is 13.0. The Morgan fingerprint density at radius 2 is 1.62 bits per heavy atom. The van der Waals surface area contributed by atoms with Crippen molar-refractivity contribution in [1.82, 2.24) is 10.2 Å². The molecular formula is C20H24FN3O2. The molecule has 3 amide bonds. The van der Waals surface area contributed by atoms with Crippen molar-refractivity contribution in [3.8, 4) is 0 Å². The van der Waals surface area contributed by atoms with Crippen LogP contribution < -0.4 is 10.6 Å². The summed E-state index contributed by atoms with van der Waals surface area (Å²) in [5.74, 6) is -0.511. The molecule has 2 aromatic rings. The van der Waals surface area contributed by atoms with E-state index in [1.165, 1.54) is 24.3 Å². The van der Waals surface area contributed by atoms with Gasteiger partial charge in [-0.25, -0.2) is 9.18 Å². The summed E-state index contributed by atoms with van der Waals surface area (Å²) in [7, 11) is 0. The van der Waals surface area contributed by atoms with E-state index in [4.69, 9.17) is 0 Å². The van der Waals surface area contributed by atoms with Crippen molar-refractivity contribution in [1.29, 1.82) is 0 Å². The van der Waals surface area contributed by atoms with Gasteiger partial charge in [-0.05, 0) is 43.7 Å². The van der Waals surface area contributed by atoms with Gasteiger partial charge in [0.15, 0.2) is 0 Å². The highest BCUT2D eigenvalue weighted by atomic mass is 19.1. The first-order valence-corrected chi connectivity index (χ1v) is 8.69. The molecule has 0 saturated carbocycles. The average molecular weight is 357 g/mol. The molecule has 0 aliphatic heterocycles. The number of hydrogen-bond acceptors (Lipinski definition) is 2. The second kappa shape index (κ2) is 9.56. The van der Waals surface area contributed by atoms with Crippen LogP contribution in [-0.2, 0) is 11.2 Å². The maximum absolute atomic E-state index is 13.0. The van der Waals surface area contributed by atoms with Gasteiger partial charge in [0.2, 0.25) is 5.91 Å². The number of urea groups is 1. The van der Waals surface area contributed by atoms with Crippen LogP contribution in [0, 0.1) is 5.82 Å². The Balaban J connectivity index is 2.10. The fourth-order valence-corrected chi connectivity index (χ4v) is 2.66. The lowest BCUT2D eigenvalue weighted by molar-refractivity contribution is -0.132. The molecule has 0 bridgehead atoms. The largest absolute Gasteiger partial charge is 0.341 e. The molecule has 0 aromatic heterocycles. The summed E-state index contributed by atoms with van der Waals surface area (Å²) in [6, 6.07) is 13.8. The topological polar surface area (TPSA) is 61.4 Å². The number of carbonyl (C=O) groups is 2. The maximum Gasteiger partial charge on any atom is 0.319 e. The average Bonchev–Trinajstić information content (AvgIpc) is 2.65. The summed E-state index contributed by atoms with van der Waals surface area (Å²) in [6.45, 7) is 4.95. The van der Waals surface area contributed by atoms with Crippen LogP contribution in [-0.4, -0.2) is 36.0 Å². The molecule has 0 fully saturated rings. The predicted octanol–water partition coefficient (Wildman–Crippen LogP) is 3.43. The Bertz CT molecular complexity index is 716. The van der Waals surface area contributed by atoms with Crippen LogP contribution in [0.15, 0.2) is 54.6 Å². The van der Waals surface area contributed by atoms with E-state index in [1.807, 2.05) is 44.2 Å². The van der Waals surface area contributed by atoms with Crippen molar-refractivity contribution in [2.45, 2.75) is 26.3 Å². The molecule has 5 nitrogen and oxygen atoms in total. The molecule has 138 valence electrons. The highest BCUT2D eigenvalue weighted by Crippen LogP contribution is 2.10. The van der Waals surface area contributed by atoms with Crippen molar-refractivity contribution in [2.75, 3.05) is 18.4 Å². The first-order valence-electron chi connectivity index (χ1n) is 8.69. The van der Waals surface area contributed by atoms with Gasteiger partial charge in [-0.1, -0.05) is 30.3 Å². The van der Waals surface area contributed by atoms with Crippen molar-refractivity contribution in [3.05, 3.63) is 66.0 Å². The number of nitrogens with zero attached hydrogens (tertiary/aromatic N) is 1. The summed E-state index contributed by atoms with van der Waals surface area (Å²) in [4.78, 5) is 26.8. The van der Waals surface area contributed by atoms with Crippen LogP contribution in [0.2, 0.25) is 0 Å². The minimum atomic E-state index is -0.683. The third kappa shape index (κ3) is 5.58. The van der Waals surface area contributed by atoms with E-state index < -0.39 is 12.1 Å². The molecule has 0 heterocycles. The van der Waals surface area contributed by atoms with Gasteiger partial charge in [0.25, 0.3) is 0 Å². The zero-order chi connectivity index (χ0) is 18.9. The van der Waals surface area contributed by atoms with E-state index in [0.717, 1.165) is 5.56 Å². The van der Waals surface area contributed by atoms with Gasteiger partial charge in [0.1, 0.15) is 11.9 Å². The number of likely N-dealkylation sites (N-methyl/N-ethyl adjacent to an activating group) is 1. The molecule has 2 aromatic carbocycles. The quantitative estimate of drug-likeness (QED) is 0.797. The number of benzene rings is 2. The summed E-state index contributed by atoms with van der Waals surface area (Å²) >= 11 is 0. The van der Waals surface area contributed by atoms with Gasteiger partial charge in [-0.15, -0.1) is 0 Å². The van der Waals surface area contributed by atoms with Crippen LogP contribution in [0.3, 0.4) is 0 Å². The predicted molar refractivity (Wildman–Crippen MR) is 100 cm³/mol. The van der Waals surface area contributed by atoms with E-state index in [-0.39, 0.29) is 11.7 Å². The van der Waals surface area contributed by atoms with Gasteiger partial charge >= 0.3 is 6.03 Å². The lowest BCUT2D eigenvalue weighted by Crippen LogP contribution is -2.50. The SMILES string of the molecule is CCN(CC)C(=O)[C@@H](Cc1ccccc1)NC(=O)Nc1ccc(F)cc1. The highest BCUT2D eigenvalue weighted by molar-refractivity contribution is 5.93. The first kappa shape index (κ1) is 19.4. The number of rotatable bonds is 7. The molecule has 6 heteroatoms. The lowest BCUT2D eigenvalue weighted by Gasteiger charge is -2.26. The van der Waals surface area contributed by atoms with Crippen LogP contribution >= 0.6 is 0 Å². The van der Waals surface area contributed by atoms with Gasteiger partial charge in [-0.2, -0.15) is 0 Å². The van der Waals surface area contributed by atoms with Crippen molar-refractivity contribution >= 4 is 17.6 Å². The van der Waals surface area contributed by atoms with Crippen LogP contribution in [0.1, 0.15) is 19.4 Å². The Morgan fingerprint density at radius 1 is 1.00 bits per heavy atom. The third-order valence-electron chi connectivity index (χ3n) is 4.06. The molecule has 0 radical (unpaired) electrons. The summed E-state index contributed by atoms with van der Waals surface area (Å²) in [5.41, 5.74) is 1.41. The van der Waals surface area contributed by atoms with Gasteiger partial charge in [-0.3, -0.25) is 4.79 Å². The van der Waals surface area contributed by atoms with Gasteiger partial charge in [0.05, 0.1) is 0 Å². The number of hydrogen-bond donors (Lipinski definition) is 2. The minimum absolute atomic E-state index is 0.131. The van der Waals surface area contributed by atoms with Crippen LogP contribution in [0.25, 0.3) is 0 Å². The fourth-order valence-electron chi connectivity index (χ4n) is 2.66. The summed E-state index contributed by atoms with van der Waals surface area (Å²) in [6.07, 6.45) is 0.396. The Morgan fingerprint density at radius 3 is 2.19 bits per heavy atom. The van der Waals surface area contributed by atoms with Crippen LogP contribution in [0.5, 0.6) is 0 Å². The summed E-state index contributed by atoms with van der Waals surface area (Å²) < 4.78 is 13.0. The molecule has 0 aliphatic carbocycles. The van der Waals surface area contributed by atoms with Crippen molar-refractivity contribution < 1.29 is 14.0 Å². The van der Waals surface area contributed by atoms with E-state index in [2.05, 4.69) is 10.6 Å². The Kier molecular flexibility index (Phi) is 7.14. The second-order valence-electron chi connectivity index (χ2n) is 5.86. The van der Waals surface area contributed by atoms with Gasteiger partial charge in [0, 0.05) is 25.2 Å². The molecule has 1 atom stereocenters. The van der Waals surface area contributed by atoms with E-state index in [1.54, 1.807) is 4.90 Å². The highest BCUT2D eigenvalue weighted by Gasteiger charge is 2.24. The number of anilines is 1. The number of carbonyl (C=O) groups excluding carboxylic acids is 2. The van der Waals surface area contributed by atoms with Crippen molar-refractivity contribution in [3.63, 3.8) is 0 Å². The molecule has 0 aliphatic rings. The van der Waals surface area contributed by atoms with Crippen LogP contribution in [0.4, 0.5) is 14.9 Å². The zero-order valence-electron chi connectivity index (χ0n) is 15.0. The molecule has 0 unspecified atom stereocenters. The fraction of sp³-hybridized carbons (Fsp3) is 0.300. The van der Waals surface area contributed by atoms with E-state index in [0.29, 0.717) is 25.2 Å². The molecule has 0 saturated heterocycles. The minimum Gasteiger partial charge on any atom is -0.341 e. The number of nitrogens with one attached hydrogen (secondary N) is 2. The lowest BCUT2D eigenvalue weighted by atomic mass is 10.0. The molecule has 0 spiro atoms. The summed E-state index contributed by atoms with van der Waals surface area (Å²) in [5, 5.41) is 5.37. The Hall–Kier alpha value is -2.89. The molecule has 2 N–H and O–H groups in total. The standard InChI is InChI=1S/C20H24FN3O2/c1-3-24(4-2)19(25)18(14-15-8-6-5-7-9-15)23-20(26)22-17-12-10-16(21)11-13-17/h5-13,18H,3-4,14H2,1-2H3,(H2,22,23,26)/t18-/m1/s1. The number of halogens is 1. The first-order chi connectivity index (χ1) is 12.5. The van der Waals surface area contributed by atoms with E-state index in [9.17, 15) is 14.0 Å². The second-order valence-corrected chi connectivity index (χ2v) is 5.86.